The molecule has 22 heavy (non-hydrogen) atoms. The van der Waals surface area contributed by atoms with E-state index >= 15 is 0 Å². The summed E-state index contributed by atoms with van der Waals surface area (Å²) in [5, 5.41) is 12.4. The first-order valence-corrected chi connectivity index (χ1v) is 7.87. The number of hydrogen-bond acceptors (Lipinski definition) is 2. The monoisotopic (exact) mass is 311 g/mol. The number of halogens is 1. The Balaban J connectivity index is 2.11. The first-order valence-electron chi connectivity index (χ1n) is 7.34. The summed E-state index contributed by atoms with van der Waals surface area (Å²) in [6, 6.07) is 24.6. The number of aliphatic hydroxyl groups is 1. The second-order valence-electron chi connectivity index (χ2n) is 5.25. The number of benzene rings is 3. The average Bonchev–Trinajstić information content (AvgIpc) is 2.60. The van der Waals surface area contributed by atoms with Crippen LogP contribution >= 0.6 is 11.6 Å². The van der Waals surface area contributed by atoms with Crippen LogP contribution < -0.4 is 4.90 Å². The largest absolute Gasteiger partial charge is 0.390 e. The van der Waals surface area contributed by atoms with E-state index in [1.165, 1.54) is 5.39 Å². The van der Waals surface area contributed by atoms with Crippen LogP contribution in [0, 0.1) is 0 Å². The number of fused-ring (bicyclic) bond motifs is 1. The Morgan fingerprint density at radius 2 is 1.55 bits per heavy atom. The van der Waals surface area contributed by atoms with Crippen molar-refractivity contribution in [1.82, 2.24) is 0 Å². The third-order valence-corrected chi connectivity index (χ3v) is 4.05. The Labute approximate surface area is 135 Å². The normalized spacial score (nSPS) is 12.3. The zero-order valence-corrected chi connectivity index (χ0v) is 12.9. The third-order valence-electron chi connectivity index (χ3n) is 3.70. The number of para-hydroxylation sites is 1. The minimum Gasteiger partial charge on any atom is -0.390 e. The molecule has 2 nitrogen and oxygen atoms in total. The fourth-order valence-electron chi connectivity index (χ4n) is 2.65. The Kier molecular flexibility index (Phi) is 4.62. The van der Waals surface area contributed by atoms with Gasteiger partial charge in [0.05, 0.1) is 18.5 Å². The molecule has 0 saturated carbocycles. The first kappa shape index (κ1) is 14.9. The summed E-state index contributed by atoms with van der Waals surface area (Å²) in [5.41, 5.74) is 2.12. The van der Waals surface area contributed by atoms with Gasteiger partial charge in [0.1, 0.15) is 0 Å². The van der Waals surface area contributed by atoms with E-state index in [4.69, 9.17) is 11.6 Å². The predicted octanol–water partition coefficient (Wildman–Crippen LogP) is 4.58. The van der Waals surface area contributed by atoms with E-state index < -0.39 is 6.10 Å². The van der Waals surface area contributed by atoms with Gasteiger partial charge in [-0.1, -0.05) is 54.6 Å². The summed E-state index contributed by atoms with van der Waals surface area (Å²) in [7, 11) is 0. The van der Waals surface area contributed by atoms with Crippen LogP contribution in [-0.2, 0) is 0 Å². The van der Waals surface area contributed by atoms with Gasteiger partial charge in [0.2, 0.25) is 0 Å². The minimum absolute atomic E-state index is 0.216. The zero-order chi connectivity index (χ0) is 15.4. The van der Waals surface area contributed by atoms with Crippen molar-refractivity contribution < 1.29 is 5.11 Å². The molecule has 3 heteroatoms. The molecule has 3 aromatic carbocycles. The molecule has 0 aliphatic heterocycles. The van der Waals surface area contributed by atoms with Gasteiger partial charge >= 0.3 is 0 Å². The summed E-state index contributed by atoms with van der Waals surface area (Å²) in [4.78, 5) is 2.12. The topological polar surface area (TPSA) is 23.5 Å². The van der Waals surface area contributed by atoms with Crippen LogP contribution in [-0.4, -0.2) is 23.6 Å². The van der Waals surface area contributed by atoms with Crippen molar-refractivity contribution in [2.45, 2.75) is 6.10 Å². The highest BCUT2D eigenvalue weighted by Crippen LogP contribution is 2.32. The lowest BCUT2D eigenvalue weighted by molar-refractivity contribution is 0.206. The van der Waals surface area contributed by atoms with E-state index in [-0.39, 0.29) is 5.88 Å². The summed E-state index contributed by atoms with van der Waals surface area (Å²) >= 11 is 5.81. The lowest BCUT2D eigenvalue weighted by Gasteiger charge is -2.28. The van der Waals surface area contributed by atoms with Crippen LogP contribution in [0.4, 0.5) is 11.4 Å². The van der Waals surface area contributed by atoms with Gasteiger partial charge in [0.25, 0.3) is 0 Å². The molecule has 0 fully saturated rings. The van der Waals surface area contributed by atoms with Crippen molar-refractivity contribution >= 4 is 33.7 Å². The van der Waals surface area contributed by atoms with E-state index in [0.717, 1.165) is 16.8 Å². The van der Waals surface area contributed by atoms with Crippen LogP contribution in [0.2, 0.25) is 0 Å². The predicted molar refractivity (Wildman–Crippen MR) is 94.1 cm³/mol. The average molecular weight is 312 g/mol. The Morgan fingerprint density at radius 3 is 2.32 bits per heavy atom. The molecule has 0 radical (unpaired) electrons. The standard InChI is InChI=1S/C19H18ClNO/c20-13-17(22)14-21(16-9-2-1-3-10-16)19-12-6-8-15-7-4-5-11-18(15)19/h1-12,17,22H,13-14H2. The molecule has 0 bridgehead atoms. The number of alkyl halides is 1. The molecule has 0 aliphatic carbocycles. The van der Waals surface area contributed by atoms with Crippen molar-refractivity contribution in [2.24, 2.45) is 0 Å². The number of nitrogens with zero attached hydrogens (tertiary/aromatic N) is 1. The number of hydrogen-bond donors (Lipinski definition) is 1. The van der Waals surface area contributed by atoms with Gasteiger partial charge in [-0.25, -0.2) is 0 Å². The van der Waals surface area contributed by atoms with Gasteiger partial charge in [-0.05, 0) is 23.6 Å². The maximum absolute atomic E-state index is 10.0. The van der Waals surface area contributed by atoms with E-state index in [1.54, 1.807) is 0 Å². The van der Waals surface area contributed by atoms with Crippen LogP contribution in [0.5, 0.6) is 0 Å². The molecule has 1 N–H and O–H groups in total. The maximum atomic E-state index is 10.0. The molecule has 0 spiro atoms. The SMILES string of the molecule is OC(CCl)CN(c1ccccc1)c1cccc2ccccc12. The van der Waals surface area contributed by atoms with Crippen molar-refractivity contribution in [2.75, 3.05) is 17.3 Å². The van der Waals surface area contributed by atoms with E-state index in [0.29, 0.717) is 6.54 Å². The summed E-state index contributed by atoms with van der Waals surface area (Å²) in [6.07, 6.45) is -0.583. The van der Waals surface area contributed by atoms with E-state index in [1.807, 2.05) is 48.5 Å². The molecule has 3 rings (SSSR count). The van der Waals surface area contributed by atoms with Gasteiger partial charge in [-0.2, -0.15) is 0 Å². The molecule has 0 saturated heterocycles. The van der Waals surface area contributed by atoms with Crippen molar-refractivity contribution in [3.63, 3.8) is 0 Å². The number of rotatable bonds is 5. The van der Waals surface area contributed by atoms with Crippen LogP contribution in [0.25, 0.3) is 10.8 Å². The van der Waals surface area contributed by atoms with Gasteiger partial charge in [-0.15, -0.1) is 11.6 Å². The van der Waals surface area contributed by atoms with Crippen molar-refractivity contribution in [1.29, 1.82) is 0 Å². The third kappa shape index (κ3) is 3.08. The summed E-state index contributed by atoms with van der Waals surface area (Å²) < 4.78 is 0. The lowest BCUT2D eigenvalue weighted by Crippen LogP contribution is -2.29. The molecular weight excluding hydrogens is 294 g/mol. The highest BCUT2D eigenvalue weighted by Gasteiger charge is 2.15. The molecule has 0 heterocycles. The van der Waals surface area contributed by atoms with Gasteiger partial charge in [-0.3, -0.25) is 0 Å². The molecule has 0 aromatic heterocycles. The lowest BCUT2D eigenvalue weighted by atomic mass is 10.1. The molecule has 1 atom stereocenters. The highest BCUT2D eigenvalue weighted by molar-refractivity contribution is 6.18. The van der Waals surface area contributed by atoms with Crippen LogP contribution in [0.3, 0.4) is 0 Å². The summed E-state index contributed by atoms with van der Waals surface area (Å²) in [5.74, 6) is 0.216. The van der Waals surface area contributed by atoms with E-state index in [2.05, 4.69) is 29.2 Å². The second-order valence-corrected chi connectivity index (χ2v) is 5.56. The zero-order valence-electron chi connectivity index (χ0n) is 12.2. The van der Waals surface area contributed by atoms with Crippen molar-refractivity contribution in [3.05, 3.63) is 72.8 Å². The first-order chi connectivity index (χ1) is 10.8. The highest BCUT2D eigenvalue weighted by atomic mass is 35.5. The Morgan fingerprint density at radius 1 is 0.864 bits per heavy atom. The molecule has 0 aliphatic rings. The molecule has 3 aromatic rings. The quantitative estimate of drug-likeness (QED) is 0.697. The van der Waals surface area contributed by atoms with Crippen LogP contribution in [0.1, 0.15) is 0 Å². The molecule has 112 valence electrons. The maximum Gasteiger partial charge on any atom is 0.0854 e. The minimum atomic E-state index is -0.583. The van der Waals surface area contributed by atoms with E-state index in [9.17, 15) is 5.11 Å². The van der Waals surface area contributed by atoms with Gasteiger partial charge in [0, 0.05) is 16.8 Å². The fourth-order valence-corrected chi connectivity index (χ4v) is 2.75. The van der Waals surface area contributed by atoms with Crippen LogP contribution in [0.15, 0.2) is 72.8 Å². The number of anilines is 2. The molecule has 0 amide bonds. The smallest absolute Gasteiger partial charge is 0.0854 e. The molecule has 1 unspecified atom stereocenters. The Bertz CT molecular complexity index is 739. The fraction of sp³-hybridized carbons (Fsp3) is 0.158. The van der Waals surface area contributed by atoms with Gasteiger partial charge < -0.3 is 10.0 Å². The molecular formula is C19H18ClNO. The van der Waals surface area contributed by atoms with Crippen molar-refractivity contribution in [3.8, 4) is 0 Å². The number of aliphatic hydroxyl groups excluding tert-OH is 1. The van der Waals surface area contributed by atoms with Gasteiger partial charge in [0.15, 0.2) is 0 Å². The second kappa shape index (κ2) is 6.82. The summed E-state index contributed by atoms with van der Waals surface area (Å²) in [6.45, 7) is 0.460. The Hall–Kier alpha value is -2.03.